The summed E-state index contributed by atoms with van der Waals surface area (Å²) in [4.78, 5) is 37.4. The predicted octanol–water partition coefficient (Wildman–Crippen LogP) is 5.29. The molecule has 1 saturated carbocycles. The van der Waals surface area contributed by atoms with E-state index in [1.165, 1.54) is 0 Å². The molecule has 0 unspecified atom stereocenters. The van der Waals surface area contributed by atoms with Crippen molar-refractivity contribution in [1.29, 1.82) is 0 Å². The van der Waals surface area contributed by atoms with Crippen LogP contribution in [0.3, 0.4) is 0 Å². The summed E-state index contributed by atoms with van der Waals surface area (Å²) in [5.41, 5.74) is 0.833. The molecule has 2 aromatic carbocycles. The molecule has 1 amide bonds. The summed E-state index contributed by atoms with van der Waals surface area (Å²) < 4.78 is 18.5. The predicted molar refractivity (Wildman–Crippen MR) is 147 cm³/mol. The Morgan fingerprint density at radius 2 is 1.77 bits per heavy atom. The van der Waals surface area contributed by atoms with E-state index < -0.39 is 23.9 Å². The Labute approximate surface area is 234 Å². The van der Waals surface area contributed by atoms with E-state index >= 15 is 0 Å². The molecular formula is C32H37NO7. The maximum absolute atomic E-state index is 12.9. The third-order valence-electron chi connectivity index (χ3n) is 9.20. The van der Waals surface area contributed by atoms with E-state index in [0.29, 0.717) is 17.2 Å². The fraction of sp³-hybridized carbons (Fsp3) is 0.500. The first-order valence-electron chi connectivity index (χ1n) is 14.3. The van der Waals surface area contributed by atoms with Crippen molar-refractivity contribution in [3.8, 4) is 5.75 Å². The van der Waals surface area contributed by atoms with E-state index in [-0.39, 0.29) is 36.1 Å². The van der Waals surface area contributed by atoms with Gasteiger partial charge >= 0.3 is 0 Å². The normalized spacial score (nSPS) is 36.5. The first kappa shape index (κ1) is 27.1. The molecular weight excluding hydrogens is 510 g/mol. The lowest BCUT2D eigenvalue weighted by molar-refractivity contribution is -0.571. The highest BCUT2D eigenvalue weighted by atomic mass is 17.3. The third kappa shape index (κ3) is 4.98. The van der Waals surface area contributed by atoms with Crippen molar-refractivity contribution in [2.75, 3.05) is 6.61 Å². The van der Waals surface area contributed by atoms with Crippen LogP contribution < -0.4 is 10.1 Å². The average molecular weight is 548 g/mol. The monoisotopic (exact) mass is 547 g/mol. The van der Waals surface area contributed by atoms with Gasteiger partial charge in [-0.15, -0.1) is 0 Å². The van der Waals surface area contributed by atoms with Crippen molar-refractivity contribution < 1.29 is 33.6 Å². The van der Waals surface area contributed by atoms with Gasteiger partial charge in [-0.25, -0.2) is 9.78 Å². The van der Waals surface area contributed by atoms with Gasteiger partial charge in [-0.3, -0.25) is 9.59 Å². The fourth-order valence-corrected chi connectivity index (χ4v) is 6.97. The Balaban J connectivity index is 1.06. The lowest BCUT2D eigenvalue weighted by Crippen LogP contribution is -2.72. The minimum atomic E-state index is -0.860. The van der Waals surface area contributed by atoms with E-state index in [1.54, 1.807) is 36.4 Å². The maximum atomic E-state index is 12.9. The SMILES string of the molecule is C[C@H]1[C@H](NC(=O)COc2ccc(C(=O)/C=C/c3ccccc3)cc2)O[C@@H]2O[C@]3(C)CC[C@H]4[C@H](C)CC[C@@H]1[C@@]24OO3. The second-order valence-corrected chi connectivity index (χ2v) is 11.8. The Morgan fingerprint density at radius 3 is 2.55 bits per heavy atom. The van der Waals surface area contributed by atoms with Gasteiger partial charge < -0.3 is 19.5 Å². The summed E-state index contributed by atoms with van der Waals surface area (Å²) >= 11 is 0. The lowest BCUT2D eigenvalue weighted by Gasteiger charge is -2.60. The van der Waals surface area contributed by atoms with Gasteiger partial charge in [0.2, 0.25) is 5.79 Å². The summed E-state index contributed by atoms with van der Waals surface area (Å²) in [5.74, 6) is 0.118. The maximum Gasteiger partial charge on any atom is 0.259 e. The van der Waals surface area contributed by atoms with Gasteiger partial charge in [0.15, 0.2) is 24.3 Å². The number of ether oxygens (including phenoxy) is 3. The molecule has 8 nitrogen and oxygen atoms in total. The van der Waals surface area contributed by atoms with Gasteiger partial charge in [0, 0.05) is 23.8 Å². The molecule has 1 spiro atoms. The average Bonchev–Trinajstić information content (AvgIpc) is 3.20. The van der Waals surface area contributed by atoms with E-state index in [0.717, 1.165) is 31.2 Å². The Hall–Kier alpha value is -3.04. The van der Waals surface area contributed by atoms with Crippen molar-refractivity contribution in [2.24, 2.45) is 23.7 Å². The summed E-state index contributed by atoms with van der Waals surface area (Å²) in [7, 11) is 0. The molecule has 0 aromatic heterocycles. The highest BCUT2D eigenvalue weighted by molar-refractivity contribution is 6.06. The first-order valence-corrected chi connectivity index (χ1v) is 14.3. The molecule has 4 aliphatic heterocycles. The number of carbonyl (C=O) groups is 2. The number of rotatable bonds is 7. The third-order valence-corrected chi connectivity index (χ3v) is 9.20. The van der Waals surface area contributed by atoms with Crippen LogP contribution in [0.25, 0.3) is 6.08 Å². The van der Waals surface area contributed by atoms with E-state index in [4.69, 9.17) is 24.0 Å². The summed E-state index contributed by atoms with van der Waals surface area (Å²) in [6, 6.07) is 16.4. The van der Waals surface area contributed by atoms with Gasteiger partial charge in [-0.2, -0.15) is 0 Å². The number of ketones is 1. The summed E-state index contributed by atoms with van der Waals surface area (Å²) in [6.07, 6.45) is 5.93. The minimum absolute atomic E-state index is 0.000840. The Kier molecular flexibility index (Phi) is 7.29. The molecule has 4 heterocycles. The van der Waals surface area contributed by atoms with Crippen LogP contribution in [0, 0.1) is 23.7 Å². The minimum Gasteiger partial charge on any atom is -0.484 e. The smallest absolute Gasteiger partial charge is 0.259 e. The Morgan fingerprint density at radius 1 is 1.00 bits per heavy atom. The lowest BCUT2D eigenvalue weighted by atomic mass is 9.58. The van der Waals surface area contributed by atoms with Crippen molar-refractivity contribution in [3.63, 3.8) is 0 Å². The molecule has 8 heteroatoms. The summed E-state index contributed by atoms with van der Waals surface area (Å²) in [5, 5.41) is 3.01. The molecule has 212 valence electrons. The number of hydrogen-bond acceptors (Lipinski definition) is 7. The van der Waals surface area contributed by atoms with Crippen LogP contribution in [-0.2, 0) is 24.0 Å². The van der Waals surface area contributed by atoms with Crippen LogP contribution in [-0.4, -0.2) is 42.2 Å². The van der Waals surface area contributed by atoms with Crippen LogP contribution in [0.5, 0.6) is 5.75 Å². The first-order chi connectivity index (χ1) is 19.3. The zero-order valence-electron chi connectivity index (χ0n) is 23.2. The summed E-state index contributed by atoms with van der Waals surface area (Å²) in [6.45, 7) is 6.08. The standard InChI is InChI=1S/C32H37NO7/c1-20-9-15-26-21(2)29(37-30-32(26)25(20)17-18-31(3,38-30)39-40-32)33-28(35)19-36-24-13-11-23(12-14-24)27(34)16-10-22-7-5-4-6-8-22/h4-8,10-14,16,20-21,25-26,29-30H,9,15,17-19H2,1-3H3,(H,33,35)/b16-10+/t20-,21-,25+,26+,29-,30-,31+,32-/m1/s1. The largest absolute Gasteiger partial charge is 0.484 e. The second-order valence-electron chi connectivity index (χ2n) is 11.8. The highest BCUT2D eigenvalue weighted by Gasteiger charge is 2.69. The number of fused-ring (bicyclic) bond motifs is 2. The van der Waals surface area contributed by atoms with Crippen molar-refractivity contribution in [1.82, 2.24) is 5.32 Å². The fourth-order valence-electron chi connectivity index (χ4n) is 6.97. The van der Waals surface area contributed by atoms with E-state index in [9.17, 15) is 9.59 Å². The number of benzene rings is 2. The van der Waals surface area contributed by atoms with Crippen LogP contribution in [0.1, 0.15) is 62.4 Å². The number of hydrogen-bond donors (Lipinski definition) is 1. The molecule has 7 rings (SSSR count). The van der Waals surface area contributed by atoms with E-state index in [1.807, 2.05) is 37.3 Å². The quantitative estimate of drug-likeness (QED) is 0.286. The van der Waals surface area contributed by atoms with Crippen LogP contribution in [0.4, 0.5) is 0 Å². The number of carbonyl (C=O) groups excluding carboxylic acids is 2. The molecule has 4 saturated heterocycles. The van der Waals surface area contributed by atoms with Crippen molar-refractivity contribution in [3.05, 3.63) is 71.8 Å². The number of allylic oxidation sites excluding steroid dienone is 1. The molecule has 5 aliphatic rings. The van der Waals surface area contributed by atoms with Crippen LogP contribution in [0.2, 0.25) is 0 Å². The van der Waals surface area contributed by atoms with Gasteiger partial charge in [0.1, 0.15) is 12.0 Å². The van der Waals surface area contributed by atoms with Gasteiger partial charge in [0.05, 0.1) is 0 Å². The molecule has 2 aromatic rings. The van der Waals surface area contributed by atoms with Gasteiger partial charge in [-0.05, 0) is 73.9 Å². The Bertz CT molecular complexity index is 1260. The highest BCUT2D eigenvalue weighted by Crippen LogP contribution is 2.60. The molecule has 1 N–H and O–H groups in total. The zero-order valence-corrected chi connectivity index (χ0v) is 23.2. The number of nitrogens with one attached hydrogen (secondary N) is 1. The molecule has 2 bridgehead atoms. The van der Waals surface area contributed by atoms with Crippen molar-refractivity contribution in [2.45, 2.75) is 70.4 Å². The van der Waals surface area contributed by atoms with Crippen LogP contribution >= 0.6 is 0 Å². The molecule has 0 radical (unpaired) electrons. The van der Waals surface area contributed by atoms with Gasteiger partial charge in [-0.1, -0.05) is 50.3 Å². The topological polar surface area (TPSA) is 92.3 Å². The van der Waals surface area contributed by atoms with E-state index in [2.05, 4.69) is 19.2 Å². The molecule has 40 heavy (non-hydrogen) atoms. The molecule has 5 fully saturated rings. The second kappa shape index (κ2) is 10.7. The zero-order chi connectivity index (χ0) is 27.9. The van der Waals surface area contributed by atoms with Crippen LogP contribution in [0.15, 0.2) is 60.7 Å². The molecule has 8 atom stereocenters. The van der Waals surface area contributed by atoms with Crippen molar-refractivity contribution >= 4 is 17.8 Å². The molecule has 1 aliphatic carbocycles. The number of amides is 1. The van der Waals surface area contributed by atoms with Gasteiger partial charge in [0.25, 0.3) is 5.91 Å².